The number of aliphatic carboxylic acids is 1. The molecule has 1 atom stereocenters. The Morgan fingerprint density at radius 1 is 1.55 bits per heavy atom. The Bertz CT molecular complexity index is 125. The number of hydrogen-bond donors (Lipinski definition) is 2. The summed E-state index contributed by atoms with van der Waals surface area (Å²) in [5.41, 5.74) is 0. The van der Waals surface area contributed by atoms with Gasteiger partial charge in [0.05, 0.1) is 12.5 Å². The molecule has 4 nitrogen and oxygen atoms in total. The zero-order valence-electron chi connectivity index (χ0n) is 6.95. The van der Waals surface area contributed by atoms with Crippen molar-refractivity contribution < 1.29 is 15.0 Å². The van der Waals surface area contributed by atoms with Crippen LogP contribution in [-0.2, 0) is 4.79 Å². The largest absolute Gasteiger partial charge is 0.481 e. The fourth-order valence-corrected chi connectivity index (χ4v) is 0.711. The summed E-state index contributed by atoms with van der Waals surface area (Å²) in [6, 6.07) is 0. The first-order valence-electron chi connectivity index (χ1n) is 3.57. The first kappa shape index (κ1) is 10.4. The van der Waals surface area contributed by atoms with Gasteiger partial charge in [-0.15, -0.1) is 0 Å². The zero-order valence-corrected chi connectivity index (χ0v) is 6.95. The summed E-state index contributed by atoms with van der Waals surface area (Å²) in [5, 5.41) is 17.3. The van der Waals surface area contributed by atoms with E-state index < -0.39 is 12.1 Å². The van der Waals surface area contributed by atoms with E-state index in [0.717, 1.165) is 0 Å². The maximum atomic E-state index is 10.1. The van der Waals surface area contributed by atoms with Gasteiger partial charge in [-0.2, -0.15) is 0 Å². The van der Waals surface area contributed by atoms with Crippen molar-refractivity contribution in [3.8, 4) is 0 Å². The third kappa shape index (κ3) is 7.29. The molecule has 0 saturated heterocycles. The van der Waals surface area contributed by atoms with Gasteiger partial charge >= 0.3 is 5.97 Å². The van der Waals surface area contributed by atoms with Gasteiger partial charge in [-0.25, -0.2) is 0 Å². The van der Waals surface area contributed by atoms with Crippen LogP contribution in [0, 0.1) is 0 Å². The molecule has 0 heterocycles. The summed E-state index contributed by atoms with van der Waals surface area (Å²) >= 11 is 0. The first-order chi connectivity index (χ1) is 5.02. The van der Waals surface area contributed by atoms with Crippen molar-refractivity contribution in [2.24, 2.45) is 0 Å². The maximum absolute atomic E-state index is 10.1. The van der Waals surface area contributed by atoms with E-state index in [-0.39, 0.29) is 6.42 Å². The molecule has 0 fully saturated rings. The number of carboxylic acids is 1. The highest BCUT2D eigenvalue weighted by Crippen LogP contribution is 1.97. The van der Waals surface area contributed by atoms with Crippen molar-refractivity contribution in [3.05, 3.63) is 0 Å². The van der Waals surface area contributed by atoms with E-state index in [1.54, 1.807) is 0 Å². The van der Waals surface area contributed by atoms with Crippen molar-refractivity contribution in [1.82, 2.24) is 4.90 Å². The standard InChI is InChI=1S/C7H15NO3/c1-8(2)4-3-6(9)5-7(10)11/h6,9H,3-5H2,1-2H3,(H,10,11)/t6-/m1/s1. The lowest BCUT2D eigenvalue weighted by atomic mass is 10.2. The summed E-state index contributed by atoms with van der Waals surface area (Å²) in [7, 11) is 3.76. The molecule has 66 valence electrons. The molecule has 0 aromatic carbocycles. The summed E-state index contributed by atoms with van der Waals surface area (Å²) in [6.07, 6.45) is -0.359. The Balaban J connectivity index is 3.37. The molecule has 0 aromatic heterocycles. The second kappa shape index (κ2) is 5.09. The Hall–Kier alpha value is -0.610. The van der Waals surface area contributed by atoms with Gasteiger partial charge in [0.1, 0.15) is 0 Å². The highest BCUT2D eigenvalue weighted by Gasteiger charge is 2.08. The van der Waals surface area contributed by atoms with Crippen LogP contribution in [-0.4, -0.2) is 47.8 Å². The average molecular weight is 161 g/mol. The molecular formula is C7H15NO3. The Morgan fingerprint density at radius 2 is 2.09 bits per heavy atom. The van der Waals surface area contributed by atoms with Gasteiger partial charge in [-0.05, 0) is 27.1 Å². The van der Waals surface area contributed by atoms with Crippen LogP contribution in [0.5, 0.6) is 0 Å². The lowest BCUT2D eigenvalue weighted by Crippen LogP contribution is -2.21. The Morgan fingerprint density at radius 3 is 2.45 bits per heavy atom. The maximum Gasteiger partial charge on any atom is 0.305 e. The van der Waals surface area contributed by atoms with E-state index in [1.165, 1.54) is 0 Å². The highest BCUT2D eigenvalue weighted by atomic mass is 16.4. The van der Waals surface area contributed by atoms with Crippen LogP contribution >= 0.6 is 0 Å². The summed E-state index contributed by atoms with van der Waals surface area (Å²) in [4.78, 5) is 12.0. The highest BCUT2D eigenvalue weighted by molar-refractivity contribution is 5.67. The SMILES string of the molecule is CN(C)CC[C@@H](O)CC(=O)O. The number of aliphatic hydroxyl groups is 1. The fourth-order valence-electron chi connectivity index (χ4n) is 0.711. The van der Waals surface area contributed by atoms with Crippen molar-refractivity contribution >= 4 is 5.97 Å². The molecule has 0 aliphatic heterocycles. The predicted octanol–water partition coefficient (Wildman–Crippen LogP) is -0.226. The number of nitrogens with zero attached hydrogens (tertiary/aromatic N) is 1. The van der Waals surface area contributed by atoms with Crippen LogP contribution in [0.1, 0.15) is 12.8 Å². The Labute approximate surface area is 66.4 Å². The normalized spacial score (nSPS) is 13.5. The van der Waals surface area contributed by atoms with Crippen LogP contribution in [0.2, 0.25) is 0 Å². The van der Waals surface area contributed by atoms with Crippen molar-refractivity contribution in [1.29, 1.82) is 0 Å². The smallest absolute Gasteiger partial charge is 0.305 e. The lowest BCUT2D eigenvalue weighted by molar-refractivity contribution is -0.139. The minimum atomic E-state index is -0.948. The molecule has 0 bridgehead atoms. The second-order valence-electron chi connectivity index (χ2n) is 2.84. The van der Waals surface area contributed by atoms with Crippen LogP contribution in [0.3, 0.4) is 0 Å². The summed E-state index contributed by atoms with van der Waals surface area (Å²) < 4.78 is 0. The van der Waals surface area contributed by atoms with Crippen molar-refractivity contribution in [2.45, 2.75) is 18.9 Å². The number of rotatable bonds is 5. The van der Waals surface area contributed by atoms with E-state index in [2.05, 4.69) is 0 Å². The first-order valence-corrected chi connectivity index (χ1v) is 3.57. The molecule has 0 spiro atoms. The molecule has 0 saturated carbocycles. The van der Waals surface area contributed by atoms with Crippen LogP contribution in [0.25, 0.3) is 0 Å². The molecule has 0 unspecified atom stereocenters. The zero-order chi connectivity index (χ0) is 8.85. The molecule has 0 aliphatic rings. The van der Waals surface area contributed by atoms with E-state index in [0.29, 0.717) is 13.0 Å². The molecule has 0 aromatic rings. The quantitative estimate of drug-likeness (QED) is 0.585. The second-order valence-corrected chi connectivity index (χ2v) is 2.84. The third-order valence-electron chi connectivity index (χ3n) is 1.32. The topological polar surface area (TPSA) is 60.8 Å². The van der Waals surface area contributed by atoms with E-state index in [1.807, 2.05) is 19.0 Å². The minimum Gasteiger partial charge on any atom is -0.481 e. The monoisotopic (exact) mass is 161 g/mol. The molecule has 0 rings (SSSR count). The van der Waals surface area contributed by atoms with Crippen LogP contribution < -0.4 is 0 Å². The molecule has 0 amide bonds. The van der Waals surface area contributed by atoms with Crippen LogP contribution in [0.4, 0.5) is 0 Å². The summed E-state index contributed by atoms with van der Waals surface area (Å²) in [5.74, 6) is -0.948. The van der Waals surface area contributed by atoms with Gasteiger partial charge in [0.2, 0.25) is 0 Å². The van der Waals surface area contributed by atoms with Gasteiger partial charge in [0.25, 0.3) is 0 Å². The van der Waals surface area contributed by atoms with E-state index in [9.17, 15) is 4.79 Å². The molecule has 11 heavy (non-hydrogen) atoms. The number of hydrogen-bond acceptors (Lipinski definition) is 3. The van der Waals surface area contributed by atoms with Gasteiger partial charge in [0.15, 0.2) is 0 Å². The average Bonchev–Trinajstić information content (AvgIpc) is 1.82. The lowest BCUT2D eigenvalue weighted by Gasteiger charge is -2.12. The molecule has 4 heteroatoms. The van der Waals surface area contributed by atoms with Gasteiger partial charge < -0.3 is 15.1 Å². The van der Waals surface area contributed by atoms with Gasteiger partial charge in [-0.3, -0.25) is 4.79 Å². The van der Waals surface area contributed by atoms with Gasteiger partial charge in [-0.1, -0.05) is 0 Å². The number of carbonyl (C=O) groups is 1. The molecule has 0 aliphatic carbocycles. The minimum absolute atomic E-state index is 0.159. The predicted molar refractivity (Wildman–Crippen MR) is 41.4 cm³/mol. The number of aliphatic hydroxyl groups excluding tert-OH is 1. The van der Waals surface area contributed by atoms with E-state index in [4.69, 9.17) is 10.2 Å². The van der Waals surface area contributed by atoms with Crippen molar-refractivity contribution in [2.75, 3.05) is 20.6 Å². The fraction of sp³-hybridized carbons (Fsp3) is 0.857. The third-order valence-corrected chi connectivity index (χ3v) is 1.32. The molecule has 0 radical (unpaired) electrons. The Kier molecular flexibility index (Phi) is 4.81. The van der Waals surface area contributed by atoms with Crippen LogP contribution in [0.15, 0.2) is 0 Å². The van der Waals surface area contributed by atoms with Gasteiger partial charge in [0, 0.05) is 0 Å². The van der Waals surface area contributed by atoms with E-state index >= 15 is 0 Å². The molecule has 2 N–H and O–H groups in total. The summed E-state index contributed by atoms with van der Waals surface area (Å²) in [6.45, 7) is 0.717. The molecular weight excluding hydrogens is 146 g/mol. The van der Waals surface area contributed by atoms with Crippen molar-refractivity contribution in [3.63, 3.8) is 0 Å². The number of carboxylic acid groups (broad SMARTS) is 1.